The number of nitrogens with zero attached hydrogens (tertiary/aromatic N) is 1. The van der Waals surface area contributed by atoms with E-state index in [9.17, 15) is 21.6 Å². The molecule has 3 rings (SSSR count). The Hall–Kier alpha value is -2.23. The summed E-state index contributed by atoms with van der Waals surface area (Å²) >= 11 is 0. The summed E-state index contributed by atoms with van der Waals surface area (Å²) in [6.45, 7) is 2.51. The summed E-state index contributed by atoms with van der Waals surface area (Å²) in [4.78, 5) is 12.8. The van der Waals surface area contributed by atoms with Crippen molar-refractivity contribution in [2.24, 2.45) is 0 Å². The predicted octanol–water partition coefficient (Wildman–Crippen LogP) is 3.30. The lowest BCUT2D eigenvalue weighted by atomic mass is 10.0. The van der Waals surface area contributed by atoms with Crippen molar-refractivity contribution < 1.29 is 21.6 Å². The predicted molar refractivity (Wildman–Crippen MR) is 116 cm³/mol. The lowest BCUT2D eigenvalue weighted by Gasteiger charge is -2.34. The molecule has 1 aliphatic rings. The van der Waals surface area contributed by atoms with Gasteiger partial charge in [0.05, 0.1) is 9.79 Å². The van der Waals surface area contributed by atoms with Crippen LogP contribution in [0, 0.1) is 0 Å². The first-order valence-electron chi connectivity index (χ1n) is 9.86. The third-order valence-corrected chi connectivity index (χ3v) is 8.40. The van der Waals surface area contributed by atoms with Crippen LogP contribution in [0.4, 0.5) is 5.69 Å². The Morgan fingerprint density at radius 2 is 1.57 bits per heavy atom. The van der Waals surface area contributed by atoms with E-state index < -0.39 is 25.8 Å². The van der Waals surface area contributed by atoms with Crippen molar-refractivity contribution in [2.45, 2.75) is 48.4 Å². The first-order chi connectivity index (χ1) is 14.1. The molecule has 2 aromatic rings. The van der Waals surface area contributed by atoms with Gasteiger partial charge in [-0.15, -0.1) is 0 Å². The fraction of sp³-hybridized carbons (Fsp3) is 0.381. The van der Waals surface area contributed by atoms with E-state index in [1.807, 2.05) is 6.92 Å². The summed E-state index contributed by atoms with van der Waals surface area (Å²) in [5, 5.41) is 2.68. The number of hydrogen-bond acceptors (Lipinski definition) is 5. The average molecular weight is 451 g/mol. The highest BCUT2D eigenvalue weighted by atomic mass is 32.2. The Morgan fingerprint density at radius 1 is 0.967 bits per heavy atom. The molecule has 162 valence electrons. The highest BCUT2D eigenvalue weighted by Gasteiger charge is 2.32. The van der Waals surface area contributed by atoms with E-state index >= 15 is 0 Å². The van der Waals surface area contributed by atoms with Gasteiger partial charge in [-0.25, -0.2) is 16.8 Å². The molecule has 1 atom stereocenters. The summed E-state index contributed by atoms with van der Waals surface area (Å²) < 4.78 is 50.6. The summed E-state index contributed by atoms with van der Waals surface area (Å²) in [7, 11) is -6.91. The lowest BCUT2D eigenvalue weighted by molar-refractivity contribution is 0.102. The van der Waals surface area contributed by atoms with E-state index in [1.165, 1.54) is 48.5 Å². The number of nitrogens with one attached hydrogen (secondary N) is 1. The number of anilines is 1. The molecule has 0 radical (unpaired) electrons. The summed E-state index contributed by atoms with van der Waals surface area (Å²) in [5.74, 6) is -0.407. The number of sulfone groups is 1. The highest BCUT2D eigenvalue weighted by Crippen LogP contribution is 2.27. The number of benzene rings is 2. The topological polar surface area (TPSA) is 101 Å². The normalized spacial score (nSPS) is 18.1. The number of carbonyl (C=O) groups is 1. The lowest BCUT2D eigenvalue weighted by Crippen LogP contribution is -2.43. The second kappa shape index (κ2) is 8.87. The minimum absolute atomic E-state index is 0.0154. The van der Waals surface area contributed by atoms with Gasteiger partial charge in [0.1, 0.15) is 0 Å². The van der Waals surface area contributed by atoms with Crippen molar-refractivity contribution in [3.05, 3.63) is 54.1 Å². The average Bonchev–Trinajstić information content (AvgIpc) is 2.73. The van der Waals surface area contributed by atoms with Gasteiger partial charge in [0.25, 0.3) is 5.91 Å². The third-order valence-electron chi connectivity index (χ3n) is 5.31. The van der Waals surface area contributed by atoms with Crippen molar-refractivity contribution >= 4 is 31.5 Å². The van der Waals surface area contributed by atoms with Crippen molar-refractivity contribution in [1.82, 2.24) is 4.31 Å². The van der Waals surface area contributed by atoms with E-state index in [0.717, 1.165) is 31.9 Å². The Morgan fingerprint density at radius 3 is 2.13 bits per heavy atom. The van der Waals surface area contributed by atoms with Gasteiger partial charge in [-0.3, -0.25) is 4.79 Å². The van der Waals surface area contributed by atoms with Crippen LogP contribution >= 0.6 is 0 Å². The zero-order valence-corrected chi connectivity index (χ0v) is 18.7. The second-order valence-corrected chi connectivity index (χ2v) is 11.4. The maximum atomic E-state index is 13.0. The molecule has 0 bridgehead atoms. The van der Waals surface area contributed by atoms with E-state index in [0.29, 0.717) is 17.8 Å². The van der Waals surface area contributed by atoms with Crippen LogP contribution in [0.5, 0.6) is 0 Å². The van der Waals surface area contributed by atoms with E-state index in [-0.39, 0.29) is 15.8 Å². The van der Waals surface area contributed by atoms with Gasteiger partial charge in [0.15, 0.2) is 9.84 Å². The molecule has 30 heavy (non-hydrogen) atoms. The number of carbonyl (C=O) groups excluding carboxylic acids is 1. The SMILES string of the molecule is CCC1CCCCN1S(=O)(=O)c1ccc(C(=O)Nc2ccc(S(C)(=O)=O)cc2)cc1. The zero-order chi connectivity index (χ0) is 21.9. The van der Waals surface area contributed by atoms with Crippen LogP contribution in [0.25, 0.3) is 0 Å². The minimum Gasteiger partial charge on any atom is -0.322 e. The summed E-state index contributed by atoms with van der Waals surface area (Å²) in [6.07, 6.45) is 4.65. The molecule has 2 aromatic carbocycles. The largest absolute Gasteiger partial charge is 0.322 e. The van der Waals surface area contributed by atoms with Crippen LogP contribution in [-0.2, 0) is 19.9 Å². The van der Waals surface area contributed by atoms with Gasteiger partial charge in [-0.1, -0.05) is 13.3 Å². The molecule has 0 spiro atoms. The van der Waals surface area contributed by atoms with E-state index in [4.69, 9.17) is 0 Å². The fourth-order valence-corrected chi connectivity index (χ4v) is 6.00. The summed E-state index contributed by atoms with van der Waals surface area (Å²) in [5.41, 5.74) is 0.759. The van der Waals surface area contributed by atoms with Gasteiger partial charge in [0.2, 0.25) is 10.0 Å². The standard InChI is InChI=1S/C21H26N2O5S2/c1-3-18-6-4-5-15-23(18)30(27,28)20-11-7-16(8-12-20)21(24)22-17-9-13-19(14-10-17)29(2,25)26/h7-14,18H,3-6,15H2,1-2H3,(H,22,24). The number of hydrogen-bond donors (Lipinski definition) is 1. The Balaban J connectivity index is 1.74. The molecule has 1 N–H and O–H groups in total. The number of sulfonamides is 1. The molecule has 1 aliphatic heterocycles. The molecular formula is C21H26N2O5S2. The van der Waals surface area contributed by atoms with Crippen LogP contribution in [0.15, 0.2) is 58.3 Å². The van der Waals surface area contributed by atoms with E-state index in [1.54, 1.807) is 4.31 Å². The van der Waals surface area contributed by atoms with Crippen molar-refractivity contribution in [3.63, 3.8) is 0 Å². The number of amides is 1. The zero-order valence-electron chi connectivity index (χ0n) is 17.0. The van der Waals surface area contributed by atoms with Crippen molar-refractivity contribution in [2.75, 3.05) is 18.1 Å². The molecule has 1 saturated heterocycles. The Bertz CT molecular complexity index is 1110. The van der Waals surface area contributed by atoms with Crippen LogP contribution in [0.3, 0.4) is 0 Å². The van der Waals surface area contributed by atoms with E-state index in [2.05, 4.69) is 5.32 Å². The molecule has 1 amide bonds. The third kappa shape index (κ3) is 4.91. The molecule has 0 aliphatic carbocycles. The van der Waals surface area contributed by atoms with Gasteiger partial charge in [0, 0.05) is 30.1 Å². The van der Waals surface area contributed by atoms with Gasteiger partial charge < -0.3 is 5.32 Å². The van der Waals surface area contributed by atoms with Crippen molar-refractivity contribution in [1.29, 1.82) is 0 Å². The molecule has 1 unspecified atom stereocenters. The van der Waals surface area contributed by atoms with Crippen LogP contribution in [-0.4, -0.2) is 45.9 Å². The van der Waals surface area contributed by atoms with Crippen molar-refractivity contribution in [3.8, 4) is 0 Å². The molecule has 9 heteroatoms. The maximum absolute atomic E-state index is 13.0. The highest BCUT2D eigenvalue weighted by molar-refractivity contribution is 7.90. The van der Waals surface area contributed by atoms with Crippen LogP contribution in [0.1, 0.15) is 43.0 Å². The monoisotopic (exact) mass is 450 g/mol. The molecule has 1 heterocycles. The summed E-state index contributed by atoms with van der Waals surface area (Å²) in [6, 6.07) is 11.8. The smallest absolute Gasteiger partial charge is 0.255 e. The van der Waals surface area contributed by atoms with Crippen LogP contribution < -0.4 is 5.32 Å². The molecule has 0 aromatic heterocycles. The Labute approximate surface area is 178 Å². The minimum atomic E-state index is -3.60. The number of piperidine rings is 1. The number of rotatable bonds is 6. The quantitative estimate of drug-likeness (QED) is 0.728. The maximum Gasteiger partial charge on any atom is 0.255 e. The van der Waals surface area contributed by atoms with Crippen LogP contribution in [0.2, 0.25) is 0 Å². The molecule has 7 nitrogen and oxygen atoms in total. The molecule has 0 saturated carbocycles. The molecular weight excluding hydrogens is 424 g/mol. The second-order valence-electron chi connectivity index (χ2n) is 7.45. The van der Waals surface area contributed by atoms with Gasteiger partial charge in [-0.2, -0.15) is 4.31 Å². The van der Waals surface area contributed by atoms with Gasteiger partial charge >= 0.3 is 0 Å². The first kappa shape index (κ1) is 22.5. The first-order valence-corrected chi connectivity index (χ1v) is 13.2. The Kier molecular flexibility index (Phi) is 6.64. The molecule has 1 fully saturated rings. The fourth-order valence-electron chi connectivity index (χ4n) is 3.60. The van der Waals surface area contributed by atoms with Gasteiger partial charge in [-0.05, 0) is 67.8 Å².